The zero-order chi connectivity index (χ0) is 23.5. The Balaban J connectivity index is 2.13. The Morgan fingerprint density at radius 1 is 1.25 bits per heavy atom. The number of carbonyl (C=O) groups is 1. The van der Waals surface area contributed by atoms with Crippen LogP contribution in [0.25, 0.3) is 11.1 Å². The van der Waals surface area contributed by atoms with E-state index in [9.17, 15) is 22.0 Å². The fourth-order valence-corrected chi connectivity index (χ4v) is 5.20. The minimum Gasteiger partial charge on any atom is -0.343 e. The van der Waals surface area contributed by atoms with Crippen molar-refractivity contribution in [2.45, 2.75) is 40.9 Å². The molecule has 32 heavy (non-hydrogen) atoms. The minimum absolute atomic E-state index is 0.0752. The predicted octanol–water partition coefficient (Wildman–Crippen LogP) is 4.64. The van der Waals surface area contributed by atoms with Gasteiger partial charge in [-0.3, -0.25) is 4.79 Å². The molecule has 1 aliphatic carbocycles. The topological polar surface area (TPSA) is 87.0 Å². The van der Waals surface area contributed by atoms with Gasteiger partial charge in [-0.2, -0.15) is 5.26 Å². The first-order valence-corrected chi connectivity index (χ1v) is 13.2. The van der Waals surface area contributed by atoms with Crippen molar-refractivity contribution in [2.75, 3.05) is 19.1 Å². The number of rotatable bonds is 6. The van der Waals surface area contributed by atoms with E-state index in [1.807, 2.05) is 30.5 Å². The summed E-state index contributed by atoms with van der Waals surface area (Å²) in [4.78, 5) is 13.8. The van der Waals surface area contributed by atoms with Gasteiger partial charge in [-0.1, -0.05) is 18.2 Å². The summed E-state index contributed by atoms with van der Waals surface area (Å²) >= 11 is 1.57. The third kappa shape index (κ3) is 5.48. The maximum Gasteiger partial charge on any atom is 0.249 e. The van der Waals surface area contributed by atoms with Gasteiger partial charge in [0.2, 0.25) is 11.8 Å². The van der Waals surface area contributed by atoms with E-state index in [-0.39, 0.29) is 24.3 Å². The number of hydrogen-bond acceptors (Lipinski definition) is 5. The van der Waals surface area contributed by atoms with Crippen molar-refractivity contribution in [1.82, 2.24) is 5.32 Å². The van der Waals surface area contributed by atoms with Gasteiger partial charge in [-0.05, 0) is 59.6 Å². The van der Waals surface area contributed by atoms with Gasteiger partial charge in [0, 0.05) is 24.0 Å². The fraction of sp³-hybridized carbons (Fsp3) is 0.391. The molecule has 0 saturated heterocycles. The Morgan fingerprint density at radius 3 is 2.53 bits per heavy atom. The standard InChI is InChI=1S/C23H24F2N2O3S2/c1-31-16-5-3-15(4-6-16)20-13-17(32(2,29)30)7-8-18(20)19-9-10-23(24,25)14-21(19)22(28)27-12-11-26/h3-8,13,19,21H,9-10,12,14H2,1-2H3,(H,27,28). The van der Waals surface area contributed by atoms with Crippen LogP contribution in [0.2, 0.25) is 0 Å². The van der Waals surface area contributed by atoms with Gasteiger partial charge in [-0.15, -0.1) is 11.8 Å². The highest BCUT2D eigenvalue weighted by molar-refractivity contribution is 7.98. The molecular weight excluding hydrogens is 454 g/mol. The van der Waals surface area contributed by atoms with E-state index in [2.05, 4.69) is 5.32 Å². The molecule has 2 aromatic rings. The van der Waals surface area contributed by atoms with Gasteiger partial charge in [0.05, 0.1) is 16.9 Å². The molecule has 0 aromatic heterocycles. The van der Waals surface area contributed by atoms with Crippen molar-refractivity contribution in [3.63, 3.8) is 0 Å². The van der Waals surface area contributed by atoms with Gasteiger partial charge < -0.3 is 5.32 Å². The lowest BCUT2D eigenvalue weighted by atomic mass is 9.72. The van der Waals surface area contributed by atoms with Crippen LogP contribution in [0, 0.1) is 17.2 Å². The second-order valence-corrected chi connectivity index (χ2v) is 10.8. The Bertz CT molecular complexity index is 1140. The first-order chi connectivity index (χ1) is 15.1. The zero-order valence-corrected chi connectivity index (χ0v) is 19.4. The van der Waals surface area contributed by atoms with Crippen LogP contribution in [0.15, 0.2) is 52.3 Å². The Morgan fingerprint density at radius 2 is 1.94 bits per heavy atom. The molecule has 3 rings (SSSR count). The highest BCUT2D eigenvalue weighted by atomic mass is 32.2. The number of sulfone groups is 1. The van der Waals surface area contributed by atoms with Crippen molar-refractivity contribution in [1.29, 1.82) is 5.26 Å². The number of nitrogens with zero attached hydrogens (tertiary/aromatic N) is 1. The number of nitriles is 1. The summed E-state index contributed by atoms with van der Waals surface area (Å²) in [5.41, 5.74) is 2.01. The molecule has 170 valence electrons. The number of hydrogen-bond donors (Lipinski definition) is 1. The number of halogens is 2. The number of nitrogens with one attached hydrogen (secondary N) is 1. The molecule has 0 bridgehead atoms. The second-order valence-electron chi connectivity index (χ2n) is 7.94. The van der Waals surface area contributed by atoms with Crippen LogP contribution in [-0.2, 0) is 14.6 Å². The molecule has 2 aromatic carbocycles. The lowest BCUT2D eigenvalue weighted by Gasteiger charge is -2.36. The molecule has 9 heteroatoms. The highest BCUT2D eigenvalue weighted by Gasteiger charge is 2.45. The van der Waals surface area contributed by atoms with Crippen LogP contribution in [-0.4, -0.2) is 39.3 Å². The molecular formula is C23H24F2N2O3S2. The molecule has 0 heterocycles. The third-order valence-electron chi connectivity index (χ3n) is 5.76. The molecule has 0 radical (unpaired) electrons. The summed E-state index contributed by atoms with van der Waals surface area (Å²) in [6.45, 7) is -0.260. The molecule has 5 nitrogen and oxygen atoms in total. The summed E-state index contributed by atoms with van der Waals surface area (Å²) < 4.78 is 52.8. The van der Waals surface area contributed by atoms with Gasteiger partial charge in [0.15, 0.2) is 9.84 Å². The van der Waals surface area contributed by atoms with Crippen molar-refractivity contribution < 1.29 is 22.0 Å². The number of amides is 1. The molecule has 1 aliphatic rings. The van der Waals surface area contributed by atoms with E-state index in [1.54, 1.807) is 30.0 Å². The van der Waals surface area contributed by atoms with Gasteiger partial charge in [-0.25, -0.2) is 17.2 Å². The molecule has 1 N–H and O–H groups in total. The highest BCUT2D eigenvalue weighted by Crippen LogP contribution is 2.47. The minimum atomic E-state index is -3.49. The van der Waals surface area contributed by atoms with E-state index >= 15 is 0 Å². The van der Waals surface area contributed by atoms with Crippen molar-refractivity contribution >= 4 is 27.5 Å². The van der Waals surface area contributed by atoms with Crippen LogP contribution >= 0.6 is 11.8 Å². The van der Waals surface area contributed by atoms with E-state index in [0.717, 1.165) is 16.7 Å². The lowest BCUT2D eigenvalue weighted by Crippen LogP contribution is -2.41. The monoisotopic (exact) mass is 478 g/mol. The third-order valence-corrected chi connectivity index (χ3v) is 7.61. The van der Waals surface area contributed by atoms with Gasteiger partial charge in [0.25, 0.3) is 0 Å². The molecule has 2 unspecified atom stereocenters. The summed E-state index contributed by atoms with van der Waals surface area (Å²) in [5, 5.41) is 11.2. The van der Waals surface area contributed by atoms with E-state index in [0.29, 0.717) is 11.1 Å². The van der Waals surface area contributed by atoms with Crippen molar-refractivity contribution in [3.8, 4) is 17.2 Å². The Kier molecular flexibility index (Phi) is 7.25. The SMILES string of the molecule is CSc1ccc(-c2cc(S(C)(=O)=O)ccc2C2CCC(F)(F)CC2C(=O)NCC#N)cc1. The Labute approximate surface area is 191 Å². The quantitative estimate of drug-likeness (QED) is 0.483. The molecule has 0 aliphatic heterocycles. The molecule has 1 fully saturated rings. The summed E-state index contributed by atoms with van der Waals surface area (Å²) in [7, 11) is -3.49. The number of benzene rings is 2. The maximum absolute atomic E-state index is 14.2. The van der Waals surface area contributed by atoms with Crippen LogP contribution < -0.4 is 5.32 Å². The van der Waals surface area contributed by atoms with Crippen LogP contribution in [0.1, 0.15) is 30.7 Å². The predicted molar refractivity (Wildman–Crippen MR) is 120 cm³/mol. The van der Waals surface area contributed by atoms with Gasteiger partial charge in [0.1, 0.15) is 6.54 Å². The normalized spacial score (nSPS) is 20.3. The van der Waals surface area contributed by atoms with Gasteiger partial charge >= 0.3 is 0 Å². The van der Waals surface area contributed by atoms with Crippen LogP contribution in [0.5, 0.6) is 0 Å². The smallest absolute Gasteiger partial charge is 0.249 e. The van der Waals surface area contributed by atoms with Crippen LogP contribution in [0.3, 0.4) is 0 Å². The molecule has 2 atom stereocenters. The van der Waals surface area contributed by atoms with E-state index in [1.165, 1.54) is 6.07 Å². The molecule has 1 saturated carbocycles. The number of alkyl halides is 2. The van der Waals surface area contributed by atoms with Crippen molar-refractivity contribution in [2.24, 2.45) is 5.92 Å². The summed E-state index contributed by atoms with van der Waals surface area (Å²) in [5.74, 6) is -5.12. The molecule has 0 spiro atoms. The average Bonchev–Trinajstić information content (AvgIpc) is 2.76. The maximum atomic E-state index is 14.2. The van der Waals surface area contributed by atoms with Crippen molar-refractivity contribution in [3.05, 3.63) is 48.0 Å². The summed E-state index contributed by atoms with van der Waals surface area (Å²) in [6.07, 6.45) is 2.15. The van der Waals surface area contributed by atoms with E-state index < -0.39 is 39.9 Å². The van der Waals surface area contributed by atoms with Crippen LogP contribution in [0.4, 0.5) is 8.78 Å². The zero-order valence-electron chi connectivity index (χ0n) is 17.8. The lowest BCUT2D eigenvalue weighted by molar-refractivity contribution is -0.133. The Hall–Kier alpha value is -2.44. The first-order valence-electron chi connectivity index (χ1n) is 10.1. The fourth-order valence-electron chi connectivity index (χ4n) is 4.15. The largest absolute Gasteiger partial charge is 0.343 e. The van der Waals surface area contributed by atoms with E-state index in [4.69, 9.17) is 5.26 Å². The molecule has 1 amide bonds. The number of thioether (sulfide) groups is 1. The second kappa shape index (κ2) is 9.59. The first kappa shape index (κ1) is 24.2. The average molecular weight is 479 g/mol. The summed E-state index contributed by atoms with van der Waals surface area (Å²) in [6, 6.07) is 14.0. The number of carbonyl (C=O) groups excluding carboxylic acids is 1.